The van der Waals surface area contributed by atoms with E-state index in [0.29, 0.717) is 5.56 Å². The second kappa shape index (κ2) is 4.14. The summed E-state index contributed by atoms with van der Waals surface area (Å²) in [6.45, 7) is -0.989. The van der Waals surface area contributed by atoms with E-state index in [9.17, 15) is 13.2 Å². The third-order valence-corrected chi connectivity index (χ3v) is 1.54. The molecule has 0 N–H and O–H groups in total. The third-order valence-electron chi connectivity index (χ3n) is 1.54. The molecule has 0 nitrogen and oxygen atoms in total. The van der Waals surface area contributed by atoms with Crippen molar-refractivity contribution in [2.75, 3.05) is 6.67 Å². The quantitative estimate of drug-likeness (QED) is 0.660. The molecule has 1 aromatic carbocycles. The lowest BCUT2D eigenvalue weighted by Crippen LogP contribution is -2.06. The number of benzene rings is 1. The summed E-state index contributed by atoms with van der Waals surface area (Å²) in [5, 5.41) is 0. The van der Waals surface area contributed by atoms with Gasteiger partial charge in [-0.1, -0.05) is 12.1 Å². The van der Waals surface area contributed by atoms with Crippen molar-refractivity contribution >= 4 is 0 Å². The average Bonchev–Trinajstić information content (AvgIpc) is 2.09. The maximum absolute atomic E-state index is 12.4. The molecule has 0 radical (unpaired) electrons. The molecule has 0 aromatic heterocycles. The molecule has 0 spiro atoms. The topological polar surface area (TPSA) is 0 Å². The Bertz CT molecular complexity index is 230. The SMILES string of the molecule is FCC(F)Cc1ccc(F)cc1. The summed E-state index contributed by atoms with van der Waals surface area (Å²) in [6, 6.07) is 5.38. The molecule has 0 saturated carbocycles. The highest BCUT2D eigenvalue weighted by Crippen LogP contribution is 2.07. The fourth-order valence-corrected chi connectivity index (χ4v) is 0.931. The molecule has 0 aliphatic rings. The predicted molar refractivity (Wildman–Crippen MR) is 41.0 cm³/mol. The fourth-order valence-electron chi connectivity index (χ4n) is 0.931. The molecule has 66 valence electrons. The van der Waals surface area contributed by atoms with Crippen molar-refractivity contribution < 1.29 is 13.2 Å². The summed E-state index contributed by atoms with van der Waals surface area (Å²) in [7, 11) is 0. The zero-order valence-corrected chi connectivity index (χ0v) is 6.43. The first kappa shape index (κ1) is 9.10. The first-order valence-electron chi connectivity index (χ1n) is 3.67. The average molecular weight is 174 g/mol. The van der Waals surface area contributed by atoms with Gasteiger partial charge in [0.1, 0.15) is 18.7 Å². The summed E-state index contributed by atoms with van der Waals surface area (Å²) >= 11 is 0. The number of hydrogen-bond donors (Lipinski definition) is 0. The highest BCUT2D eigenvalue weighted by molar-refractivity contribution is 5.16. The van der Waals surface area contributed by atoms with Gasteiger partial charge in [0.05, 0.1) is 0 Å². The molecule has 12 heavy (non-hydrogen) atoms. The van der Waals surface area contributed by atoms with Gasteiger partial charge >= 0.3 is 0 Å². The van der Waals surface area contributed by atoms with Gasteiger partial charge in [-0.25, -0.2) is 13.2 Å². The summed E-state index contributed by atoms with van der Waals surface area (Å²) in [5.41, 5.74) is 0.613. The monoisotopic (exact) mass is 174 g/mol. The van der Waals surface area contributed by atoms with Crippen LogP contribution in [0.1, 0.15) is 5.56 Å². The lowest BCUT2D eigenvalue weighted by molar-refractivity contribution is 0.259. The maximum atomic E-state index is 12.4. The largest absolute Gasteiger partial charge is 0.248 e. The van der Waals surface area contributed by atoms with Crippen LogP contribution in [0.25, 0.3) is 0 Å². The van der Waals surface area contributed by atoms with E-state index in [1.54, 1.807) is 0 Å². The summed E-state index contributed by atoms with van der Waals surface area (Å²) in [5.74, 6) is -0.366. The number of alkyl halides is 2. The summed E-state index contributed by atoms with van der Waals surface area (Å²) in [4.78, 5) is 0. The maximum Gasteiger partial charge on any atom is 0.132 e. The van der Waals surface area contributed by atoms with Gasteiger partial charge in [-0.2, -0.15) is 0 Å². The van der Waals surface area contributed by atoms with Gasteiger partial charge in [0.2, 0.25) is 0 Å². The molecule has 0 aliphatic heterocycles. The number of hydrogen-bond acceptors (Lipinski definition) is 0. The van der Waals surface area contributed by atoms with E-state index >= 15 is 0 Å². The Kier molecular flexibility index (Phi) is 3.14. The third kappa shape index (κ3) is 2.57. The highest BCUT2D eigenvalue weighted by Gasteiger charge is 2.06. The zero-order valence-electron chi connectivity index (χ0n) is 6.43. The van der Waals surface area contributed by atoms with Crippen LogP contribution in [0.15, 0.2) is 24.3 Å². The molecular formula is C9H9F3. The standard InChI is InChI=1S/C9H9F3/c10-6-9(12)5-7-1-3-8(11)4-2-7/h1-4,9H,5-6H2. The van der Waals surface area contributed by atoms with Crippen molar-refractivity contribution in [1.82, 2.24) is 0 Å². The van der Waals surface area contributed by atoms with Crippen LogP contribution in [0.5, 0.6) is 0 Å². The highest BCUT2D eigenvalue weighted by atomic mass is 19.2. The van der Waals surface area contributed by atoms with Crippen LogP contribution >= 0.6 is 0 Å². The Morgan fingerprint density at radius 3 is 2.25 bits per heavy atom. The smallest absolute Gasteiger partial charge is 0.132 e. The van der Waals surface area contributed by atoms with Crippen molar-refractivity contribution in [1.29, 1.82) is 0 Å². The minimum absolute atomic E-state index is 0.0107. The molecule has 0 bridgehead atoms. The number of halogens is 3. The molecular weight excluding hydrogens is 165 g/mol. The molecule has 0 amide bonds. The van der Waals surface area contributed by atoms with Gasteiger partial charge in [0.15, 0.2) is 0 Å². The van der Waals surface area contributed by atoms with Crippen molar-refractivity contribution in [2.45, 2.75) is 12.6 Å². The van der Waals surface area contributed by atoms with Crippen LogP contribution in [0, 0.1) is 5.82 Å². The Morgan fingerprint density at radius 1 is 1.17 bits per heavy atom. The van der Waals surface area contributed by atoms with Gasteiger partial charge in [0.25, 0.3) is 0 Å². The Labute approximate surface area is 69.0 Å². The van der Waals surface area contributed by atoms with Gasteiger partial charge in [-0.3, -0.25) is 0 Å². The van der Waals surface area contributed by atoms with Crippen LogP contribution in [0.4, 0.5) is 13.2 Å². The molecule has 0 fully saturated rings. The van der Waals surface area contributed by atoms with E-state index in [0.717, 1.165) is 0 Å². The van der Waals surface area contributed by atoms with E-state index in [2.05, 4.69) is 0 Å². The molecule has 0 saturated heterocycles. The molecule has 1 atom stereocenters. The second-order valence-electron chi connectivity index (χ2n) is 2.58. The lowest BCUT2D eigenvalue weighted by Gasteiger charge is -2.02. The van der Waals surface area contributed by atoms with E-state index in [-0.39, 0.29) is 12.2 Å². The van der Waals surface area contributed by atoms with Crippen LogP contribution in [-0.4, -0.2) is 12.8 Å². The van der Waals surface area contributed by atoms with Crippen LogP contribution in [0.2, 0.25) is 0 Å². The molecule has 1 unspecified atom stereocenters. The molecule has 1 rings (SSSR count). The van der Waals surface area contributed by atoms with E-state index in [4.69, 9.17) is 0 Å². The molecule has 0 heterocycles. The minimum Gasteiger partial charge on any atom is -0.248 e. The van der Waals surface area contributed by atoms with Gasteiger partial charge in [0, 0.05) is 6.42 Å². The molecule has 0 aliphatic carbocycles. The second-order valence-corrected chi connectivity index (χ2v) is 2.58. The Morgan fingerprint density at radius 2 is 1.75 bits per heavy atom. The van der Waals surface area contributed by atoms with E-state index in [1.165, 1.54) is 24.3 Å². The first-order valence-corrected chi connectivity index (χ1v) is 3.67. The minimum atomic E-state index is -1.48. The lowest BCUT2D eigenvalue weighted by atomic mass is 10.1. The molecule has 1 aromatic rings. The van der Waals surface area contributed by atoms with Crippen LogP contribution in [-0.2, 0) is 6.42 Å². The predicted octanol–water partition coefficient (Wildman–Crippen LogP) is 2.68. The summed E-state index contributed by atoms with van der Waals surface area (Å²) in [6.07, 6.45) is -1.47. The first-order chi connectivity index (χ1) is 5.72. The number of rotatable bonds is 3. The van der Waals surface area contributed by atoms with Crippen molar-refractivity contribution in [3.05, 3.63) is 35.6 Å². The van der Waals surface area contributed by atoms with Crippen molar-refractivity contribution in [3.8, 4) is 0 Å². The van der Waals surface area contributed by atoms with Crippen LogP contribution in [0.3, 0.4) is 0 Å². The van der Waals surface area contributed by atoms with Crippen molar-refractivity contribution in [2.24, 2.45) is 0 Å². The van der Waals surface area contributed by atoms with Crippen molar-refractivity contribution in [3.63, 3.8) is 0 Å². The zero-order chi connectivity index (χ0) is 8.97. The van der Waals surface area contributed by atoms with Gasteiger partial charge in [-0.05, 0) is 17.7 Å². The molecule has 3 heteroatoms. The van der Waals surface area contributed by atoms with Gasteiger partial charge in [-0.15, -0.1) is 0 Å². The normalized spacial score (nSPS) is 12.9. The Balaban J connectivity index is 2.58. The van der Waals surface area contributed by atoms with Crippen LogP contribution < -0.4 is 0 Å². The Hall–Kier alpha value is -0.990. The van der Waals surface area contributed by atoms with Gasteiger partial charge < -0.3 is 0 Å². The van der Waals surface area contributed by atoms with E-state index < -0.39 is 12.8 Å². The van der Waals surface area contributed by atoms with E-state index in [1.807, 2.05) is 0 Å². The fraction of sp³-hybridized carbons (Fsp3) is 0.333. The summed E-state index contributed by atoms with van der Waals surface area (Å²) < 4.78 is 36.5.